The summed E-state index contributed by atoms with van der Waals surface area (Å²) in [5.41, 5.74) is 3.81. The predicted octanol–water partition coefficient (Wildman–Crippen LogP) is 3.09. The highest BCUT2D eigenvalue weighted by Gasteiger charge is 2.49. The van der Waals surface area contributed by atoms with E-state index in [1.807, 2.05) is 67.5 Å². The summed E-state index contributed by atoms with van der Waals surface area (Å²) in [5, 5.41) is 17.5. The maximum absolute atomic E-state index is 12.5. The molecule has 2 aromatic carbocycles. The number of carbonyl (C=O) groups is 1. The van der Waals surface area contributed by atoms with E-state index in [9.17, 15) is 4.79 Å². The highest BCUT2D eigenvalue weighted by molar-refractivity contribution is 7.15. The van der Waals surface area contributed by atoms with Crippen molar-refractivity contribution in [1.29, 1.82) is 0 Å². The van der Waals surface area contributed by atoms with Crippen molar-refractivity contribution in [2.45, 2.75) is 18.0 Å². The Morgan fingerprint density at radius 2 is 1.83 bits per heavy atom. The number of benzene rings is 2. The molecule has 4 aromatic rings. The summed E-state index contributed by atoms with van der Waals surface area (Å²) in [6.45, 7) is 0.437. The number of nitrogens with zero attached hydrogens (tertiary/aromatic N) is 7. The standard InChI is InChI=1S/C20H18ClN7OS/c1-26(2)13-9-7-12(8-10-13)18-17(21)19(29)28(18)20-24-23-16(30-20)11-27-15-6-4-3-5-14(15)22-25-27/h3-10,17-18H,11H2,1-2H3. The molecule has 2 unspecified atom stereocenters. The van der Waals surface area contributed by atoms with E-state index in [2.05, 4.69) is 20.5 Å². The van der Waals surface area contributed by atoms with Gasteiger partial charge in [-0.3, -0.25) is 9.69 Å². The fourth-order valence-corrected chi connectivity index (χ4v) is 4.75. The summed E-state index contributed by atoms with van der Waals surface area (Å²) < 4.78 is 1.78. The molecule has 2 atom stereocenters. The number of β-lactam (4-membered cyclic amide) rings is 1. The van der Waals surface area contributed by atoms with Crippen molar-refractivity contribution in [2.75, 3.05) is 23.9 Å². The van der Waals surface area contributed by atoms with Gasteiger partial charge < -0.3 is 4.90 Å². The molecule has 10 heteroatoms. The molecule has 1 aliphatic heterocycles. The summed E-state index contributed by atoms with van der Waals surface area (Å²) in [6.07, 6.45) is 0. The first-order valence-electron chi connectivity index (χ1n) is 9.38. The molecule has 1 saturated heterocycles. The van der Waals surface area contributed by atoms with E-state index in [-0.39, 0.29) is 11.9 Å². The Kier molecular flexibility index (Phi) is 4.63. The highest BCUT2D eigenvalue weighted by Crippen LogP contribution is 2.43. The number of hydrogen-bond acceptors (Lipinski definition) is 7. The molecule has 1 fully saturated rings. The van der Waals surface area contributed by atoms with Gasteiger partial charge in [0.15, 0.2) is 0 Å². The zero-order valence-corrected chi connectivity index (χ0v) is 17.9. The molecular formula is C20H18ClN7OS. The van der Waals surface area contributed by atoms with Gasteiger partial charge in [0.05, 0.1) is 18.1 Å². The van der Waals surface area contributed by atoms with Crippen LogP contribution in [0.15, 0.2) is 48.5 Å². The number of halogens is 1. The number of fused-ring (bicyclic) bond motifs is 1. The predicted molar refractivity (Wildman–Crippen MR) is 117 cm³/mol. The minimum Gasteiger partial charge on any atom is -0.378 e. The zero-order chi connectivity index (χ0) is 20.8. The third-order valence-electron chi connectivity index (χ3n) is 5.15. The van der Waals surface area contributed by atoms with Crippen LogP contribution >= 0.6 is 22.9 Å². The fraction of sp³-hybridized carbons (Fsp3) is 0.250. The third-order valence-corrected chi connectivity index (χ3v) is 6.48. The van der Waals surface area contributed by atoms with Gasteiger partial charge in [-0.05, 0) is 29.8 Å². The van der Waals surface area contributed by atoms with Crippen LogP contribution in [0.1, 0.15) is 16.6 Å². The Balaban J connectivity index is 1.39. The molecule has 0 radical (unpaired) electrons. The zero-order valence-electron chi connectivity index (χ0n) is 16.3. The van der Waals surface area contributed by atoms with Crippen molar-refractivity contribution in [3.8, 4) is 0 Å². The number of amides is 1. The second-order valence-corrected chi connectivity index (χ2v) is 8.77. The minimum atomic E-state index is -0.609. The molecule has 3 heterocycles. The number of alkyl halides is 1. The van der Waals surface area contributed by atoms with Gasteiger partial charge >= 0.3 is 0 Å². The Morgan fingerprint density at radius 1 is 1.07 bits per heavy atom. The summed E-state index contributed by atoms with van der Waals surface area (Å²) in [6, 6.07) is 15.5. The maximum Gasteiger partial charge on any atom is 0.250 e. The quantitative estimate of drug-likeness (QED) is 0.351. The Morgan fingerprint density at radius 3 is 2.60 bits per heavy atom. The molecule has 152 valence electrons. The lowest BCUT2D eigenvalue weighted by atomic mass is 9.94. The van der Waals surface area contributed by atoms with Gasteiger partial charge in [-0.1, -0.05) is 40.8 Å². The van der Waals surface area contributed by atoms with Gasteiger partial charge in [-0.2, -0.15) is 0 Å². The van der Waals surface area contributed by atoms with Crippen LogP contribution in [0.2, 0.25) is 0 Å². The molecular weight excluding hydrogens is 422 g/mol. The first-order valence-corrected chi connectivity index (χ1v) is 10.6. The van der Waals surface area contributed by atoms with Gasteiger partial charge in [0.25, 0.3) is 0 Å². The van der Waals surface area contributed by atoms with Gasteiger partial charge in [0.1, 0.15) is 15.9 Å². The molecule has 5 rings (SSSR count). The molecule has 2 aromatic heterocycles. The average molecular weight is 440 g/mol. The topological polar surface area (TPSA) is 80.0 Å². The van der Waals surface area contributed by atoms with Crippen LogP contribution in [0.5, 0.6) is 0 Å². The van der Waals surface area contributed by atoms with Crippen molar-refractivity contribution >= 4 is 50.7 Å². The Bertz CT molecular complexity index is 1220. The van der Waals surface area contributed by atoms with Crippen LogP contribution in [0.4, 0.5) is 10.8 Å². The second-order valence-electron chi connectivity index (χ2n) is 7.25. The lowest BCUT2D eigenvalue weighted by molar-refractivity contribution is -0.123. The van der Waals surface area contributed by atoms with E-state index in [4.69, 9.17) is 11.6 Å². The number of anilines is 2. The maximum atomic E-state index is 12.5. The number of hydrogen-bond donors (Lipinski definition) is 0. The average Bonchev–Trinajstić information content (AvgIpc) is 3.39. The molecule has 1 aliphatic rings. The van der Waals surface area contributed by atoms with Crippen molar-refractivity contribution < 1.29 is 4.79 Å². The Labute approximate surface area is 181 Å². The number of aromatic nitrogens is 5. The molecule has 0 N–H and O–H groups in total. The lowest BCUT2D eigenvalue weighted by Gasteiger charge is -2.42. The fourth-order valence-electron chi connectivity index (χ4n) is 3.52. The van der Waals surface area contributed by atoms with Crippen LogP contribution in [-0.4, -0.2) is 50.6 Å². The molecule has 0 aliphatic carbocycles. The smallest absolute Gasteiger partial charge is 0.250 e. The van der Waals surface area contributed by atoms with Crippen LogP contribution < -0.4 is 9.80 Å². The molecule has 8 nitrogen and oxygen atoms in total. The van der Waals surface area contributed by atoms with Crippen molar-refractivity contribution in [1.82, 2.24) is 25.2 Å². The molecule has 1 amide bonds. The van der Waals surface area contributed by atoms with E-state index in [1.165, 1.54) is 11.3 Å². The minimum absolute atomic E-state index is 0.160. The summed E-state index contributed by atoms with van der Waals surface area (Å²) >= 11 is 7.73. The monoisotopic (exact) mass is 439 g/mol. The Hall–Kier alpha value is -3.04. The largest absolute Gasteiger partial charge is 0.378 e. The van der Waals surface area contributed by atoms with E-state index in [0.29, 0.717) is 11.7 Å². The molecule has 0 saturated carbocycles. The van der Waals surface area contributed by atoms with Crippen LogP contribution in [-0.2, 0) is 11.3 Å². The van der Waals surface area contributed by atoms with E-state index < -0.39 is 5.38 Å². The lowest BCUT2D eigenvalue weighted by Crippen LogP contribution is -2.56. The number of rotatable bonds is 5. The van der Waals surface area contributed by atoms with Gasteiger partial charge in [0, 0.05) is 19.8 Å². The second kappa shape index (κ2) is 7.33. The van der Waals surface area contributed by atoms with Crippen LogP contribution in [0.25, 0.3) is 11.0 Å². The normalized spacial score (nSPS) is 18.6. The highest BCUT2D eigenvalue weighted by atomic mass is 35.5. The summed E-state index contributed by atoms with van der Waals surface area (Å²) in [5.74, 6) is -0.160. The van der Waals surface area contributed by atoms with Gasteiger partial charge in [-0.25, -0.2) is 4.68 Å². The summed E-state index contributed by atoms with van der Waals surface area (Å²) in [7, 11) is 3.97. The third kappa shape index (κ3) is 3.10. The van der Waals surface area contributed by atoms with E-state index in [1.54, 1.807) is 9.58 Å². The first kappa shape index (κ1) is 19.0. The number of para-hydroxylation sites is 1. The first-order chi connectivity index (χ1) is 14.5. The van der Waals surface area contributed by atoms with Crippen molar-refractivity contribution in [2.24, 2.45) is 0 Å². The van der Waals surface area contributed by atoms with Gasteiger partial charge in [0.2, 0.25) is 11.0 Å². The van der Waals surface area contributed by atoms with Crippen molar-refractivity contribution in [3.05, 3.63) is 59.1 Å². The summed E-state index contributed by atoms with van der Waals surface area (Å²) in [4.78, 5) is 16.2. The number of carbonyl (C=O) groups excluding carboxylic acids is 1. The molecule has 0 spiro atoms. The van der Waals surface area contributed by atoms with Crippen molar-refractivity contribution in [3.63, 3.8) is 0 Å². The molecule has 30 heavy (non-hydrogen) atoms. The van der Waals surface area contributed by atoms with Crippen LogP contribution in [0.3, 0.4) is 0 Å². The van der Waals surface area contributed by atoms with Gasteiger partial charge in [-0.15, -0.1) is 26.9 Å². The molecule has 0 bridgehead atoms. The van der Waals surface area contributed by atoms with E-state index in [0.717, 1.165) is 27.3 Å². The SMILES string of the molecule is CN(C)c1ccc(C2C(Cl)C(=O)N2c2nnc(Cn3nnc4ccccc43)s2)cc1. The van der Waals surface area contributed by atoms with E-state index >= 15 is 0 Å². The van der Waals surface area contributed by atoms with Crippen LogP contribution in [0, 0.1) is 0 Å².